The minimum absolute atomic E-state index is 0.0913. The Morgan fingerprint density at radius 2 is 2.37 bits per heavy atom. The van der Waals surface area contributed by atoms with Gasteiger partial charge in [0.2, 0.25) is 0 Å². The molecule has 0 radical (unpaired) electrons. The van der Waals surface area contributed by atoms with E-state index in [2.05, 4.69) is 30.3 Å². The molecule has 0 amide bonds. The summed E-state index contributed by atoms with van der Waals surface area (Å²) in [5, 5.41) is 0. The zero-order valence-electron chi connectivity index (χ0n) is 12.1. The number of rotatable bonds is 6. The fourth-order valence-electron chi connectivity index (χ4n) is 3.23. The Balaban J connectivity index is 2.28. The third kappa shape index (κ3) is 2.66. The van der Waals surface area contributed by atoms with Gasteiger partial charge in [0, 0.05) is 24.4 Å². The van der Waals surface area contributed by atoms with Gasteiger partial charge in [-0.25, -0.2) is 0 Å². The van der Waals surface area contributed by atoms with Crippen molar-refractivity contribution in [1.29, 1.82) is 0 Å². The van der Waals surface area contributed by atoms with Gasteiger partial charge in [-0.15, -0.1) is 0 Å². The highest BCUT2D eigenvalue weighted by molar-refractivity contribution is 5.30. The van der Waals surface area contributed by atoms with Gasteiger partial charge >= 0.3 is 0 Å². The van der Waals surface area contributed by atoms with Gasteiger partial charge in [-0.05, 0) is 44.7 Å². The van der Waals surface area contributed by atoms with E-state index in [1.807, 2.05) is 19.2 Å². The maximum atomic E-state index is 5.99. The van der Waals surface area contributed by atoms with E-state index < -0.39 is 0 Å². The van der Waals surface area contributed by atoms with Gasteiger partial charge in [-0.3, -0.25) is 16.3 Å². The lowest BCUT2D eigenvalue weighted by molar-refractivity contribution is -0.0618. The summed E-state index contributed by atoms with van der Waals surface area (Å²) in [6.07, 6.45) is 4.96. The van der Waals surface area contributed by atoms with Gasteiger partial charge in [-0.2, -0.15) is 0 Å². The molecule has 0 saturated carbocycles. The molecule has 106 valence electrons. The van der Waals surface area contributed by atoms with Crippen molar-refractivity contribution in [1.82, 2.24) is 10.4 Å². The summed E-state index contributed by atoms with van der Waals surface area (Å²) in [5.41, 5.74) is 5.27. The molecule has 4 heteroatoms. The zero-order chi connectivity index (χ0) is 13.9. The molecule has 1 aliphatic rings. The van der Waals surface area contributed by atoms with Gasteiger partial charge < -0.3 is 4.74 Å². The minimum atomic E-state index is -0.257. The number of nitrogens with one attached hydrogen (secondary N) is 1. The fraction of sp³-hybridized carbons (Fsp3) is 0.667. The average Bonchev–Trinajstić information content (AvgIpc) is 2.84. The van der Waals surface area contributed by atoms with Crippen LogP contribution in [0.3, 0.4) is 0 Å². The van der Waals surface area contributed by atoms with E-state index in [1.165, 1.54) is 11.3 Å². The van der Waals surface area contributed by atoms with Crippen LogP contribution >= 0.6 is 0 Å². The SMILES string of the molecule is CCOC(C)(CC)C(NN)C1CCc2cccnc21. The number of aryl methyl sites for hydroxylation is 1. The molecule has 0 bridgehead atoms. The molecule has 1 aromatic heterocycles. The molecule has 1 aromatic rings. The summed E-state index contributed by atoms with van der Waals surface area (Å²) >= 11 is 0. The summed E-state index contributed by atoms with van der Waals surface area (Å²) in [6, 6.07) is 4.27. The van der Waals surface area contributed by atoms with Crippen molar-refractivity contribution in [2.75, 3.05) is 6.61 Å². The summed E-state index contributed by atoms with van der Waals surface area (Å²) in [7, 11) is 0. The monoisotopic (exact) mass is 263 g/mol. The molecule has 0 fully saturated rings. The third-order valence-electron chi connectivity index (χ3n) is 4.42. The van der Waals surface area contributed by atoms with E-state index in [1.54, 1.807) is 0 Å². The van der Waals surface area contributed by atoms with Crippen molar-refractivity contribution < 1.29 is 4.74 Å². The third-order valence-corrected chi connectivity index (χ3v) is 4.42. The first-order valence-corrected chi connectivity index (χ1v) is 7.20. The fourth-order valence-corrected chi connectivity index (χ4v) is 3.23. The number of hydrazine groups is 1. The molecule has 0 spiro atoms. The number of pyridine rings is 1. The smallest absolute Gasteiger partial charge is 0.0823 e. The summed E-state index contributed by atoms with van der Waals surface area (Å²) in [6.45, 7) is 7.02. The first kappa shape index (κ1) is 14.4. The summed E-state index contributed by atoms with van der Waals surface area (Å²) < 4.78 is 5.99. The summed E-state index contributed by atoms with van der Waals surface area (Å²) in [5.74, 6) is 6.18. The molecule has 1 heterocycles. The second-order valence-corrected chi connectivity index (χ2v) is 5.44. The van der Waals surface area contributed by atoms with Gasteiger partial charge in [0.15, 0.2) is 0 Å². The van der Waals surface area contributed by atoms with Crippen LogP contribution < -0.4 is 11.3 Å². The van der Waals surface area contributed by atoms with Crippen LogP contribution in [0.4, 0.5) is 0 Å². The predicted octanol–water partition coefficient (Wildman–Crippen LogP) is 2.15. The Kier molecular flexibility index (Phi) is 4.55. The number of hydrogen-bond donors (Lipinski definition) is 2. The van der Waals surface area contributed by atoms with Crippen molar-refractivity contribution >= 4 is 0 Å². The van der Waals surface area contributed by atoms with Crippen LogP contribution in [0.5, 0.6) is 0 Å². The van der Waals surface area contributed by atoms with Gasteiger partial charge in [0.1, 0.15) is 0 Å². The molecule has 0 aromatic carbocycles. The largest absolute Gasteiger partial charge is 0.374 e. The number of nitrogens with zero attached hydrogens (tertiary/aromatic N) is 1. The number of ether oxygens (including phenoxy) is 1. The highest BCUT2D eigenvalue weighted by atomic mass is 16.5. The maximum Gasteiger partial charge on any atom is 0.0823 e. The molecule has 19 heavy (non-hydrogen) atoms. The van der Waals surface area contributed by atoms with E-state index in [4.69, 9.17) is 10.6 Å². The molecule has 1 aliphatic carbocycles. The zero-order valence-corrected chi connectivity index (χ0v) is 12.1. The number of aromatic nitrogens is 1. The Bertz CT molecular complexity index is 424. The average molecular weight is 263 g/mol. The van der Waals surface area contributed by atoms with Gasteiger partial charge in [-0.1, -0.05) is 13.0 Å². The van der Waals surface area contributed by atoms with Crippen LogP contribution in [0.25, 0.3) is 0 Å². The van der Waals surface area contributed by atoms with E-state index in [0.717, 1.165) is 19.3 Å². The standard InChI is InChI=1S/C15H25N3O/c1-4-15(3,19-5-2)14(18-16)12-9-8-11-7-6-10-17-13(11)12/h6-7,10,12,14,18H,4-5,8-9,16H2,1-3H3. The number of hydrogen-bond acceptors (Lipinski definition) is 4. The van der Waals surface area contributed by atoms with E-state index >= 15 is 0 Å². The Morgan fingerprint density at radius 1 is 1.58 bits per heavy atom. The Hall–Kier alpha value is -0.970. The molecule has 0 aliphatic heterocycles. The van der Waals surface area contributed by atoms with Crippen LogP contribution in [0.15, 0.2) is 18.3 Å². The van der Waals surface area contributed by atoms with Gasteiger partial charge in [0.05, 0.1) is 11.6 Å². The van der Waals surface area contributed by atoms with Crippen molar-refractivity contribution in [2.45, 2.75) is 57.6 Å². The van der Waals surface area contributed by atoms with Crippen LogP contribution in [-0.4, -0.2) is 23.2 Å². The van der Waals surface area contributed by atoms with Crippen molar-refractivity contribution in [2.24, 2.45) is 5.84 Å². The Morgan fingerprint density at radius 3 is 3.00 bits per heavy atom. The highest BCUT2D eigenvalue weighted by Crippen LogP contribution is 2.39. The molecule has 3 atom stereocenters. The van der Waals surface area contributed by atoms with Crippen LogP contribution in [0.2, 0.25) is 0 Å². The van der Waals surface area contributed by atoms with Crippen LogP contribution in [0.1, 0.15) is 50.8 Å². The Labute approximate surface area is 115 Å². The van der Waals surface area contributed by atoms with Crippen molar-refractivity contribution in [3.05, 3.63) is 29.6 Å². The van der Waals surface area contributed by atoms with Crippen LogP contribution in [0, 0.1) is 0 Å². The highest BCUT2D eigenvalue weighted by Gasteiger charge is 2.41. The number of fused-ring (bicyclic) bond motifs is 1. The molecule has 2 rings (SSSR count). The first-order chi connectivity index (χ1) is 9.16. The lowest BCUT2D eigenvalue weighted by atomic mass is 9.82. The van der Waals surface area contributed by atoms with Crippen molar-refractivity contribution in [3.8, 4) is 0 Å². The second kappa shape index (κ2) is 5.99. The lowest BCUT2D eigenvalue weighted by Gasteiger charge is -2.39. The molecule has 0 saturated heterocycles. The topological polar surface area (TPSA) is 60.2 Å². The van der Waals surface area contributed by atoms with E-state index in [9.17, 15) is 0 Å². The second-order valence-electron chi connectivity index (χ2n) is 5.44. The molecule has 3 N–H and O–H groups in total. The minimum Gasteiger partial charge on any atom is -0.374 e. The van der Waals surface area contributed by atoms with Crippen molar-refractivity contribution in [3.63, 3.8) is 0 Å². The molecule has 3 unspecified atom stereocenters. The predicted molar refractivity (Wildman–Crippen MR) is 76.7 cm³/mol. The van der Waals surface area contributed by atoms with E-state index in [0.29, 0.717) is 12.5 Å². The number of nitrogens with two attached hydrogens (primary N) is 1. The van der Waals surface area contributed by atoms with Crippen LogP contribution in [-0.2, 0) is 11.2 Å². The normalized spacial score (nSPS) is 22.8. The van der Waals surface area contributed by atoms with E-state index in [-0.39, 0.29) is 11.6 Å². The summed E-state index contributed by atoms with van der Waals surface area (Å²) in [4.78, 5) is 4.57. The molecule has 4 nitrogen and oxygen atoms in total. The first-order valence-electron chi connectivity index (χ1n) is 7.20. The molecular weight excluding hydrogens is 238 g/mol. The van der Waals surface area contributed by atoms with Gasteiger partial charge in [0.25, 0.3) is 0 Å². The lowest BCUT2D eigenvalue weighted by Crippen LogP contribution is -2.55. The maximum absolute atomic E-state index is 5.99. The quantitative estimate of drug-likeness (QED) is 0.610. The molecular formula is C15H25N3O.